The number of para-hydroxylation sites is 1. The largest absolute Gasteiger partial charge is 0.506 e. The van der Waals surface area contributed by atoms with Gasteiger partial charge in [-0.3, -0.25) is 9.59 Å². The first-order valence-electron chi connectivity index (χ1n) is 12.7. The van der Waals surface area contributed by atoms with Crippen molar-refractivity contribution in [2.75, 3.05) is 23.3 Å². The molecule has 0 saturated heterocycles. The summed E-state index contributed by atoms with van der Waals surface area (Å²) in [5.41, 5.74) is 3.32. The summed E-state index contributed by atoms with van der Waals surface area (Å²) in [6, 6.07) is 13.6. The van der Waals surface area contributed by atoms with Crippen molar-refractivity contribution in [3.8, 4) is 0 Å². The number of rotatable bonds is 6. The number of aliphatic hydroxyl groups excluding tert-OH is 1. The van der Waals surface area contributed by atoms with Crippen LogP contribution in [-0.4, -0.2) is 51.1 Å². The lowest BCUT2D eigenvalue weighted by Crippen LogP contribution is -2.40. The number of hydrogen-bond donors (Lipinski definition) is 2. The number of Topliss-reactive ketones (excluding diaryl/α,β-unsaturated/α-hetero) is 1. The lowest BCUT2D eigenvalue weighted by molar-refractivity contribution is -0.130. The minimum atomic E-state index is -0.551. The second kappa shape index (κ2) is 9.40. The van der Waals surface area contributed by atoms with Gasteiger partial charge in [0.2, 0.25) is 5.78 Å². The zero-order valence-electron chi connectivity index (χ0n) is 22.4. The van der Waals surface area contributed by atoms with E-state index in [4.69, 9.17) is 0 Å². The fourth-order valence-electron chi connectivity index (χ4n) is 4.81. The van der Waals surface area contributed by atoms with Gasteiger partial charge in [0.15, 0.2) is 5.13 Å². The fourth-order valence-corrected chi connectivity index (χ4v) is 5.69. The van der Waals surface area contributed by atoms with Crippen LogP contribution in [0.2, 0.25) is 0 Å². The third-order valence-corrected chi connectivity index (χ3v) is 7.72. The van der Waals surface area contributed by atoms with Crippen molar-refractivity contribution in [1.29, 1.82) is 0 Å². The Bertz CT molecular complexity index is 1540. The molecule has 1 aromatic heterocycles. The number of aromatic nitrogens is 1. The lowest BCUT2D eigenvalue weighted by Gasteiger charge is -2.29. The summed E-state index contributed by atoms with van der Waals surface area (Å²) in [6.07, 6.45) is 0. The predicted molar refractivity (Wildman–Crippen MR) is 154 cm³/mol. The van der Waals surface area contributed by atoms with Crippen LogP contribution in [0.4, 0.5) is 16.5 Å². The number of hydrazone groups is 1. The van der Waals surface area contributed by atoms with Crippen molar-refractivity contribution in [3.05, 3.63) is 64.9 Å². The normalized spacial score (nSPS) is 17.8. The van der Waals surface area contributed by atoms with E-state index >= 15 is 0 Å². The van der Waals surface area contributed by atoms with Gasteiger partial charge in [0, 0.05) is 24.3 Å². The lowest BCUT2D eigenvalue weighted by atomic mass is 9.79. The maximum atomic E-state index is 13.5. The van der Waals surface area contributed by atoms with Crippen LogP contribution in [0.1, 0.15) is 47.1 Å². The summed E-state index contributed by atoms with van der Waals surface area (Å²) in [5.74, 6) is -0.945. The summed E-state index contributed by atoms with van der Waals surface area (Å²) in [4.78, 5) is 33.6. The van der Waals surface area contributed by atoms with Crippen molar-refractivity contribution >= 4 is 61.0 Å². The number of fused-ring (bicyclic) bond motifs is 1. The van der Waals surface area contributed by atoms with Crippen LogP contribution in [0.5, 0.6) is 0 Å². The Kier molecular flexibility index (Phi) is 6.35. The van der Waals surface area contributed by atoms with Crippen molar-refractivity contribution in [2.24, 2.45) is 5.10 Å². The van der Waals surface area contributed by atoms with Gasteiger partial charge in [-0.25, -0.2) is 9.99 Å². The van der Waals surface area contributed by atoms with E-state index < -0.39 is 5.54 Å². The number of carbonyl (C=O) groups is 2. The first kappa shape index (κ1) is 25.7. The Hall–Kier alpha value is -3.98. The number of aliphatic hydroxyl groups is 1. The molecule has 38 heavy (non-hydrogen) atoms. The minimum Gasteiger partial charge on any atom is -0.506 e. The Balaban J connectivity index is 1.60. The Morgan fingerprint density at radius 3 is 2.34 bits per heavy atom. The van der Waals surface area contributed by atoms with Crippen LogP contribution >= 0.6 is 11.3 Å². The average Bonchev–Trinajstić information content (AvgIpc) is 3.41. The number of amides is 1. The molecule has 1 amide bonds. The molecule has 2 aromatic carbocycles. The van der Waals surface area contributed by atoms with Gasteiger partial charge < -0.3 is 15.3 Å². The summed E-state index contributed by atoms with van der Waals surface area (Å²) in [5, 5.41) is 21.0. The molecule has 3 aromatic rings. The third-order valence-electron chi connectivity index (χ3n) is 6.77. The number of anilines is 3. The molecule has 2 aliphatic rings. The monoisotopic (exact) mass is 529 g/mol. The quantitative estimate of drug-likeness (QED) is 0.377. The van der Waals surface area contributed by atoms with Crippen molar-refractivity contribution < 1.29 is 14.7 Å². The number of carbonyl (C=O) groups excluding carboxylic acids is 2. The molecule has 0 bridgehead atoms. The molecule has 0 spiro atoms. The maximum absolute atomic E-state index is 13.5. The van der Waals surface area contributed by atoms with Gasteiger partial charge in [-0.05, 0) is 71.9 Å². The zero-order valence-corrected chi connectivity index (χ0v) is 23.2. The fraction of sp³-hybridized carbons (Fsp3) is 0.310. The van der Waals surface area contributed by atoms with Crippen LogP contribution < -0.4 is 10.2 Å². The van der Waals surface area contributed by atoms with E-state index in [0.717, 1.165) is 29.0 Å². The van der Waals surface area contributed by atoms with E-state index in [0.29, 0.717) is 22.1 Å². The Morgan fingerprint density at radius 2 is 1.74 bits per heavy atom. The van der Waals surface area contributed by atoms with Gasteiger partial charge in [-0.2, -0.15) is 5.10 Å². The van der Waals surface area contributed by atoms with Crippen molar-refractivity contribution in [3.63, 3.8) is 0 Å². The highest BCUT2D eigenvalue weighted by Crippen LogP contribution is 2.44. The molecule has 8 nitrogen and oxygen atoms in total. The SMILES string of the molecule is CCN(CC)c1ccc(C2=C(O)/C(=C3\C(=O)N(C(C)(C)C)N=C3C)C2=O)c(Nc2nc3ccccc3s2)c1. The number of nitrogens with zero attached hydrogens (tertiary/aromatic N) is 4. The molecule has 196 valence electrons. The van der Waals surface area contributed by atoms with Gasteiger partial charge in [0.1, 0.15) is 5.76 Å². The summed E-state index contributed by atoms with van der Waals surface area (Å²) >= 11 is 1.51. The Morgan fingerprint density at radius 1 is 1.03 bits per heavy atom. The number of thiazole rings is 1. The van der Waals surface area contributed by atoms with Gasteiger partial charge in [0.05, 0.1) is 43.9 Å². The summed E-state index contributed by atoms with van der Waals surface area (Å²) in [7, 11) is 0. The Labute approximate surface area is 226 Å². The van der Waals surface area contributed by atoms with E-state index in [9.17, 15) is 14.7 Å². The smallest absolute Gasteiger partial charge is 0.277 e. The molecular weight excluding hydrogens is 498 g/mol. The zero-order chi connectivity index (χ0) is 27.4. The van der Waals surface area contributed by atoms with Crippen LogP contribution in [0, 0.1) is 0 Å². The third kappa shape index (κ3) is 4.16. The van der Waals surface area contributed by atoms with E-state index in [1.165, 1.54) is 16.3 Å². The first-order chi connectivity index (χ1) is 18.0. The van der Waals surface area contributed by atoms with Gasteiger partial charge in [0.25, 0.3) is 5.91 Å². The number of nitrogens with one attached hydrogen (secondary N) is 1. The van der Waals surface area contributed by atoms with Crippen LogP contribution in [0.3, 0.4) is 0 Å². The van der Waals surface area contributed by atoms with E-state index in [1.54, 1.807) is 6.92 Å². The number of allylic oxidation sites excluding steroid dienone is 2. The van der Waals surface area contributed by atoms with E-state index in [-0.39, 0.29) is 34.2 Å². The highest BCUT2D eigenvalue weighted by Gasteiger charge is 2.45. The summed E-state index contributed by atoms with van der Waals surface area (Å²) in [6.45, 7) is 13.1. The molecule has 9 heteroatoms. The molecule has 2 heterocycles. The minimum absolute atomic E-state index is 0.0248. The van der Waals surface area contributed by atoms with Crippen LogP contribution in [0.15, 0.2) is 64.5 Å². The number of ketones is 1. The van der Waals surface area contributed by atoms with Crippen molar-refractivity contribution in [2.45, 2.75) is 47.1 Å². The number of benzene rings is 2. The molecule has 5 rings (SSSR count). The molecule has 2 N–H and O–H groups in total. The van der Waals surface area contributed by atoms with Crippen LogP contribution in [-0.2, 0) is 9.59 Å². The van der Waals surface area contributed by atoms with Crippen molar-refractivity contribution in [1.82, 2.24) is 9.99 Å². The first-order valence-corrected chi connectivity index (χ1v) is 13.5. The molecule has 1 aliphatic carbocycles. The molecule has 0 unspecified atom stereocenters. The topological polar surface area (TPSA) is 98.1 Å². The molecule has 0 radical (unpaired) electrons. The highest BCUT2D eigenvalue weighted by atomic mass is 32.1. The number of hydrogen-bond acceptors (Lipinski definition) is 8. The predicted octanol–water partition coefficient (Wildman–Crippen LogP) is 6.05. The molecule has 0 atom stereocenters. The molecule has 0 fully saturated rings. The van der Waals surface area contributed by atoms with Gasteiger partial charge in [-0.1, -0.05) is 23.5 Å². The van der Waals surface area contributed by atoms with Gasteiger partial charge >= 0.3 is 0 Å². The standard InChI is InChI=1S/C29H31N5O3S/c1-7-33(8-2)17-13-14-18(20(15-17)31-28-30-19-11-9-10-12-21(19)38-28)23-25(35)24(26(23)36)22-16(3)32-34(27(22)37)29(4,5)6/h9-15,35H,7-8H2,1-6H3,(H,30,31)/b24-22+. The molecule has 0 saturated carbocycles. The van der Waals surface area contributed by atoms with E-state index in [1.807, 2.05) is 63.2 Å². The van der Waals surface area contributed by atoms with Crippen LogP contribution in [0.25, 0.3) is 15.8 Å². The second-order valence-corrected chi connectivity index (χ2v) is 11.3. The summed E-state index contributed by atoms with van der Waals surface area (Å²) < 4.78 is 1.04. The average molecular weight is 530 g/mol. The molecular formula is C29H31N5O3S. The second-order valence-electron chi connectivity index (χ2n) is 10.3. The molecule has 1 aliphatic heterocycles. The highest BCUT2D eigenvalue weighted by molar-refractivity contribution is 7.22. The van der Waals surface area contributed by atoms with Gasteiger partial charge in [-0.15, -0.1) is 0 Å². The van der Waals surface area contributed by atoms with E-state index in [2.05, 4.69) is 34.1 Å². The maximum Gasteiger partial charge on any atom is 0.277 e.